The molecule has 1 aliphatic heterocycles. The zero-order chi connectivity index (χ0) is 22.2. The van der Waals surface area contributed by atoms with E-state index < -0.39 is 59.7 Å². The van der Waals surface area contributed by atoms with Gasteiger partial charge in [-0.2, -0.15) is 8.62 Å². The van der Waals surface area contributed by atoms with E-state index in [4.69, 9.17) is 25.2 Å². The predicted octanol–water partition coefficient (Wildman–Crippen LogP) is -1.20. The van der Waals surface area contributed by atoms with Gasteiger partial charge in [-0.1, -0.05) is 0 Å². The summed E-state index contributed by atoms with van der Waals surface area (Å²) in [6.07, 6.45) is -0.731. The Balaban J connectivity index is 2.03. The number of aromatic nitrogens is 2. The van der Waals surface area contributed by atoms with Gasteiger partial charge in [0.25, 0.3) is 5.56 Å². The van der Waals surface area contributed by atoms with Crippen LogP contribution in [0.15, 0.2) is 15.8 Å². The minimum Gasteiger partial charge on any atom is -0.351 e. The fourth-order valence-corrected chi connectivity index (χ4v) is 5.39. The number of phosphoric ester groups is 1. The quantitative estimate of drug-likeness (QED) is 0.239. The lowest BCUT2D eigenvalue weighted by molar-refractivity contribution is -0.0268. The van der Waals surface area contributed by atoms with E-state index in [0.717, 1.165) is 4.57 Å². The van der Waals surface area contributed by atoms with Crippen molar-refractivity contribution in [2.45, 2.75) is 31.7 Å². The van der Waals surface area contributed by atoms with Crippen molar-refractivity contribution in [2.24, 2.45) is 5.73 Å². The molecule has 2 rings (SSSR count). The Bertz CT molecular complexity index is 1010. The monoisotopic (exact) mass is 481 g/mol. The van der Waals surface area contributed by atoms with Gasteiger partial charge in [-0.15, -0.1) is 0 Å². The van der Waals surface area contributed by atoms with Crippen LogP contribution in [-0.2, 0) is 31.6 Å². The molecule has 0 spiro atoms. The van der Waals surface area contributed by atoms with Crippen LogP contribution in [0.25, 0.3) is 0 Å². The van der Waals surface area contributed by atoms with Crippen molar-refractivity contribution in [3.8, 4) is 0 Å². The predicted molar refractivity (Wildman–Crippen MR) is 92.4 cm³/mol. The fourth-order valence-electron chi connectivity index (χ4n) is 2.36. The number of aryl methyl sites for hydroxylation is 1. The average Bonchev–Trinajstić information content (AvgIpc) is 2.86. The summed E-state index contributed by atoms with van der Waals surface area (Å²) >= 11 is 0. The van der Waals surface area contributed by atoms with E-state index in [2.05, 4.69) is 18.1 Å². The lowest BCUT2D eigenvalue weighted by atomic mass is 10.1. The first-order chi connectivity index (χ1) is 13.1. The van der Waals surface area contributed by atoms with Gasteiger partial charge in [0.1, 0.15) is 6.23 Å². The fraction of sp³-hybridized carbons (Fsp3) is 0.600. The van der Waals surface area contributed by atoms with Crippen LogP contribution in [-0.4, -0.2) is 47.9 Å². The smallest absolute Gasteiger partial charge is 0.351 e. The summed E-state index contributed by atoms with van der Waals surface area (Å²) < 4.78 is 51.7. The number of H-pyrrole nitrogens is 1. The second-order valence-electron chi connectivity index (χ2n) is 5.89. The second-order valence-corrected chi connectivity index (χ2v) is 10.3. The number of hydrogen-bond donors (Lipinski definition) is 6. The lowest BCUT2D eigenvalue weighted by Gasteiger charge is -2.19. The third-order valence-electron chi connectivity index (χ3n) is 3.56. The van der Waals surface area contributed by atoms with E-state index in [1.807, 2.05) is 0 Å². The normalized spacial score (nSPS) is 26.8. The summed E-state index contributed by atoms with van der Waals surface area (Å²) in [5.41, 5.74) is 4.69. The van der Waals surface area contributed by atoms with Gasteiger partial charge in [0.15, 0.2) is 0 Å². The lowest BCUT2D eigenvalue weighted by Crippen LogP contribution is -2.33. The van der Waals surface area contributed by atoms with E-state index in [-0.39, 0.29) is 12.0 Å². The number of ether oxygens (including phenoxy) is 1. The van der Waals surface area contributed by atoms with E-state index in [0.29, 0.717) is 0 Å². The molecule has 1 aliphatic rings. The van der Waals surface area contributed by atoms with Crippen LogP contribution in [0, 0.1) is 6.92 Å². The molecule has 0 bridgehead atoms. The van der Waals surface area contributed by atoms with E-state index in [9.17, 15) is 28.2 Å². The molecule has 0 saturated carbocycles. The summed E-state index contributed by atoms with van der Waals surface area (Å²) in [6.45, 7) is 0.703. The Labute approximate surface area is 161 Å². The van der Waals surface area contributed by atoms with Crippen molar-refractivity contribution >= 4 is 23.5 Å². The molecule has 1 saturated heterocycles. The Morgan fingerprint density at radius 3 is 2.41 bits per heavy atom. The molecule has 0 aromatic carbocycles. The first-order valence-corrected chi connectivity index (χ1v) is 12.1. The van der Waals surface area contributed by atoms with Crippen LogP contribution in [0.4, 0.5) is 0 Å². The summed E-state index contributed by atoms with van der Waals surface area (Å²) in [5.74, 6) is 0. The Kier molecular flexibility index (Phi) is 7.23. The van der Waals surface area contributed by atoms with Crippen molar-refractivity contribution in [2.75, 3.05) is 6.61 Å². The van der Waals surface area contributed by atoms with Crippen LogP contribution >= 0.6 is 23.5 Å². The molecule has 29 heavy (non-hydrogen) atoms. The number of hydrogen-bond acceptors (Lipinski definition) is 10. The van der Waals surface area contributed by atoms with Crippen molar-refractivity contribution < 1.29 is 51.2 Å². The minimum absolute atomic E-state index is 0.0514. The van der Waals surface area contributed by atoms with Crippen molar-refractivity contribution in [3.63, 3.8) is 0 Å². The second kappa shape index (κ2) is 8.63. The van der Waals surface area contributed by atoms with Crippen LogP contribution < -0.4 is 17.0 Å². The molecular formula is C10H18N3O13P3. The summed E-state index contributed by atoms with van der Waals surface area (Å²) in [4.78, 5) is 60.8. The van der Waals surface area contributed by atoms with E-state index in [1.54, 1.807) is 0 Å². The van der Waals surface area contributed by atoms with Gasteiger partial charge < -0.3 is 30.0 Å². The molecule has 1 aromatic heterocycles. The number of aromatic amines is 1. The van der Waals surface area contributed by atoms with Crippen molar-refractivity contribution in [3.05, 3.63) is 32.6 Å². The maximum absolute atomic E-state index is 11.9. The van der Waals surface area contributed by atoms with Crippen molar-refractivity contribution in [1.82, 2.24) is 9.55 Å². The number of phosphoric acid groups is 3. The molecule has 5 atom stereocenters. The third-order valence-corrected chi connectivity index (χ3v) is 7.36. The average molecular weight is 481 g/mol. The zero-order valence-corrected chi connectivity index (χ0v) is 17.2. The summed E-state index contributed by atoms with van der Waals surface area (Å²) in [6, 6.07) is -0.814. The highest BCUT2D eigenvalue weighted by Crippen LogP contribution is 2.66. The van der Waals surface area contributed by atoms with Gasteiger partial charge in [0.05, 0.1) is 12.7 Å². The SMILES string of the molecule is Cc1cn([C@H]2C[C@H](N)[C@@H](COP(=O)(O)OP(=O)(O)OP(=O)(O)O)O2)c(=O)[nH]c1=O. The van der Waals surface area contributed by atoms with Crippen molar-refractivity contribution in [1.29, 1.82) is 0 Å². The van der Waals surface area contributed by atoms with Gasteiger partial charge in [-0.25, -0.2) is 18.5 Å². The van der Waals surface area contributed by atoms with Gasteiger partial charge in [0, 0.05) is 24.2 Å². The van der Waals surface area contributed by atoms with Crippen LogP contribution in [0.2, 0.25) is 0 Å². The highest BCUT2D eigenvalue weighted by atomic mass is 31.3. The molecule has 16 nitrogen and oxygen atoms in total. The largest absolute Gasteiger partial charge is 0.490 e. The van der Waals surface area contributed by atoms with Crippen LogP contribution in [0.5, 0.6) is 0 Å². The molecule has 19 heteroatoms. The molecule has 1 aromatic rings. The topological polar surface area (TPSA) is 250 Å². The Morgan fingerprint density at radius 1 is 1.21 bits per heavy atom. The van der Waals surface area contributed by atoms with Gasteiger partial charge in [0.2, 0.25) is 0 Å². The highest BCUT2D eigenvalue weighted by molar-refractivity contribution is 7.66. The zero-order valence-electron chi connectivity index (χ0n) is 14.6. The summed E-state index contributed by atoms with van der Waals surface area (Å²) in [7, 11) is -16.5. The first kappa shape index (κ1) is 24.3. The first-order valence-electron chi connectivity index (χ1n) is 7.60. The van der Waals surface area contributed by atoms with E-state index in [1.165, 1.54) is 13.1 Å². The molecule has 1 fully saturated rings. The molecular weight excluding hydrogens is 463 g/mol. The minimum atomic E-state index is -5.64. The molecule has 0 amide bonds. The van der Waals surface area contributed by atoms with Gasteiger partial charge in [-0.3, -0.25) is 18.9 Å². The molecule has 0 radical (unpaired) electrons. The molecule has 2 heterocycles. The molecule has 166 valence electrons. The third kappa shape index (κ3) is 7.03. The maximum Gasteiger partial charge on any atom is 0.490 e. The van der Waals surface area contributed by atoms with E-state index >= 15 is 0 Å². The van der Waals surface area contributed by atoms with Gasteiger partial charge >= 0.3 is 29.2 Å². The maximum atomic E-state index is 11.9. The summed E-state index contributed by atoms with van der Waals surface area (Å²) in [5, 5.41) is 0. The Hall–Kier alpha value is -0.990. The Morgan fingerprint density at radius 2 is 1.83 bits per heavy atom. The van der Waals surface area contributed by atoms with Gasteiger partial charge in [-0.05, 0) is 6.92 Å². The standard InChI is InChI=1S/C10H18N3O13P3/c1-5-3-13(10(15)12-9(5)14)8-2-6(11)7(24-8)4-23-28(19,20)26-29(21,22)25-27(16,17)18/h3,6-8H,2,4,11H2,1H3,(H,19,20)(H,21,22)(H,12,14,15)(H2,16,17,18)/t6-,7+,8+/m0/s1. The highest BCUT2D eigenvalue weighted by Gasteiger charge is 2.42. The number of nitrogens with one attached hydrogen (secondary N) is 1. The molecule has 7 N–H and O–H groups in total. The van der Waals surface area contributed by atoms with Crippen LogP contribution in [0.3, 0.4) is 0 Å². The number of nitrogens with two attached hydrogens (primary N) is 1. The molecule has 0 aliphatic carbocycles. The number of rotatable bonds is 8. The van der Waals surface area contributed by atoms with Crippen LogP contribution in [0.1, 0.15) is 18.2 Å². The molecule has 2 unspecified atom stereocenters. The number of nitrogens with zero attached hydrogens (tertiary/aromatic N) is 1.